The third kappa shape index (κ3) is 4.66. The van der Waals surface area contributed by atoms with Crippen molar-refractivity contribution in [2.45, 2.75) is 20.6 Å². The fourth-order valence-corrected chi connectivity index (χ4v) is 12.0. The average Bonchev–Trinajstić information content (AvgIpc) is 3.79. The zero-order valence-corrected chi connectivity index (χ0v) is 33.4. The van der Waals surface area contributed by atoms with E-state index in [0.29, 0.717) is 5.56 Å². The molecule has 12 rings (SSSR count). The number of nitrogens with zero attached hydrogens (tertiary/aromatic N) is 2. The second-order valence-corrected chi connectivity index (χ2v) is 16.9. The van der Waals surface area contributed by atoms with Crippen LogP contribution in [0.15, 0.2) is 228 Å². The summed E-state index contributed by atoms with van der Waals surface area (Å²) in [5, 5.41) is 9.93. The van der Waals surface area contributed by atoms with Gasteiger partial charge in [0.25, 0.3) is 0 Å². The Morgan fingerprint density at radius 3 is 1.52 bits per heavy atom. The maximum absolute atomic E-state index is 9.93. The van der Waals surface area contributed by atoms with Gasteiger partial charge >= 0.3 is 0 Å². The van der Waals surface area contributed by atoms with E-state index in [9.17, 15) is 5.26 Å². The van der Waals surface area contributed by atoms with E-state index in [1.807, 2.05) is 23.9 Å². The van der Waals surface area contributed by atoms with Crippen LogP contribution in [-0.2, 0) is 10.8 Å². The highest BCUT2D eigenvalue weighted by Crippen LogP contribution is 2.64. The van der Waals surface area contributed by atoms with Crippen LogP contribution in [0.3, 0.4) is 0 Å². The van der Waals surface area contributed by atoms with E-state index < -0.39 is 10.8 Å². The molecule has 280 valence electrons. The molecule has 0 atom stereocenters. The van der Waals surface area contributed by atoms with Crippen LogP contribution in [0.5, 0.6) is 0 Å². The largest absolute Gasteiger partial charge is 0.310 e. The van der Waals surface area contributed by atoms with Crippen molar-refractivity contribution in [1.29, 1.82) is 5.26 Å². The van der Waals surface area contributed by atoms with Gasteiger partial charge in [-0.25, -0.2) is 0 Å². The van der Waals surface area contributed by atoms with Crippen molar-refractivity contribution in [2.24, 2.45) is 0 Å². The molecule has 1 heterocycles. The van der Waals surface area contributed by atoms with Gasteiger partial charge in [-0.15, -0.1) is 0 Å². The lowest BCUT2D eigenvalue weighted by Crippen LogP contribution is -2.32. The Kier molecular flexibility index (Phi) is 7.70. The highest BCUT2D eigenvalue weighted by atomic mass is 32.2. The molecule has 1 aliphatic heterocycles. The molecule has 0 amide bonds. The molecule has 0 bridgehead atoms. The van der Waals surface area contributed by atoms with Crippen LogP contribution in [-0.4, -0.2) is 0 Å². The lowest BCUT2D eigenvalue weighted by molar-refractivity contribution is 0.722. The number of fused-ring (bicyclic) bond motifs is 12. The van der Waals surface area contributed by atoms with Gasteiger partial charge in [0.2, 0.25) is 0 Å². The van der Waals surface area contributed by atoms with E-state index in [2.05, 4.69) is 217 Å². The fourth-order valence-electron chi connectivity index (χ4n) is 10.8. The monoisotopic (exact) mass is 780 g/mol. The molecular formula is C57H36N2S. The van der Waals surface area contributed by atoms with Crippen LogP contribution >= 0.6 is 11.8 Å². The van der Waals surface area contributed by atoms with Gasteiger partial charge in [0.05, 0.1) is 28.2 Å². The number of hydrogen-bond donors (Lipinski definition) is 0. The molecule has 0 fully saturated rings. The maximum atomic E-state index is 9.93. The van der Waals surface area contributed by atoms with E-state index in [4.69, 9.17) is 0 Å². The molecule has 60 heavy (non-hydrogen) atoms. The van der Waals surface area contributed by atoms with Gasteiger partial charge < -0.3 is 4.90 Å². The van der Waals surface area contributed by atoms with Gasteiger partial charge in [0.1, 0.15) is 0 Å². The number of rotatable bonds is 5. The molecule has 0 saturated heterocycles. The molecule has 0 radical (unpaired) electrons. The first kappa shape index (κ1) is 34.6. The lowest BCUT2D eigenvalue weighted by atomic mass is 9.67. The molecule has 9 aromatic rings. The molecule has 1 spiro atoms. The third-order valence-electron chi connectivity index (χ3n) is 13.0. The normalized spacial score (nSPS) is 14.2. The number of anilines is 3. The second kappa shape index (κ2) is 13.3. The molecule has 3 heteroatoms. The highest BCUT2D eigenvalue weighted by Gasteiger charge is 2.51. The Morgan fingerprint density at radius 1 is 0.383 bits per heavy atom. The van der Waals surface area contributed by atoms with Crippen molar-refractivity contribution in [3.63, 3.8) is 0 Å². The summed E-state index contributed by atoms with van der Waals surface area (Å²) in [6, 6.07) is 82.2. The van der Waals surface area contributed by atoms with E-state index in [1.165, 1.54) is 76.6 Å². The smallest absolute Gasteiger partial charge is 0.0991 e. The molecule has 2 aliphatic carbocycles. The van der Waals surface area contributed by atoms with Crippen LogP contribution in [0.1, 0.15) is 50.1 Å². The zero-order valence-electron chi connectivity index (χ0n) is 32.6. The quantitative estimate of drug-likeness (QED) is 0.174. The summed E-state index contributed by atoms with van der Waals surface area (Å²) in [6.45, 7) is 0. The predicted octanol–water partition coefficient (Wildman–Crippen LogP) is 14.2. The van der Waals surface area contributed by atoms with Gasteiger partial charge in [0.15, 0.2) is 0 Å². The maximum Gasteiger partial charge on any atom is 0.0991 e. The Balaban J connectivity index is 1.15. The SMILES string of the molecule is N#Cc1ccc(N(c2cccc(C3(c4ccccc4)c4ccccc4-c4ccccc43)c2)c2cccc3c2-c2ccccc2C32c3ccccc3Sc3ccccc32)cc1. The van der Waals surface area contributed by atoms with E-state index in [1.54, 1.807) is 0 Å². The van der Waals surface area contributed by atoms with Crippen molar-refractivity contribution >= 4 is 28.8 Å². The van der Waals surface area contributed by atoms with E-state index >= 15 is 0 Å². The van der Waals surface area contributed by atoms with E-state index in [-0.39, 0.29) is 0 Å². The number of nitriles is 1. The van der Waals surface area contributed by atoms with Gasteiger partial charge in [-0.3, -0.25) is 0 Å². The van der Waals surface area contributed by atoms with Gasteiger partial charge in [0, 0.05) is 26.7 Å². The molecule has 3 aliphatic rings. The van der Waals surface area contributed by atoms with Crippen molar-refractivity contribution in [3.8, 4) is 28.3 Å². The molecule has 2 nitrogen and oxygen atoms in total. The summed E-state index contributed by atoms with van der Waals surface area (Å²) in [7, 11) is 0. The third-order valence-corrected chi connectivity index (χ3v) is 14.2. The Labute approximate surface area is 354 Å². The van der Waals surface area contributed by atoms with Crippen molar-refractivity contribution in [3.05, 3.63) is 268 Å². The molecule has 0 aromatic heterocycles. The Hall–Kier alpha value is -7.38. The number of hydrogen-bond acceptors (Lipinski definition) is 3. The lowest BCUT2D eigenvalue weighted by Gasteiger charge is -2.39. The minimum absolute atomic E-state index is 0.507. The molecule has 0 unspecified atom stereocenters. The summed E-state index contributed by atoms with van der Waals surface area (Å²) < 4.78 is 0. The summed E-state index contributed by atoms with van der Waals surface area (Å²) in [5.74, 6) is 0. The topological polar surface area (TPSA) is 27.0 Å². The first-order chi connectivity index (χ1) is 29.7. The van der Waals surface area contributed by atoms with Crippen LogP contribution in [0.25, 0.3) is 22.3 Å². The Morgan fingerprint density at radius 2 is 0.883 bits per heavy atom. The van der Waals surface area contributed by atoms with Crippen LogP contribution in [0, 0.1) is 11.3 Å². The Bertz CT molecular complexity index is 3120. The van der Waals surface area contributed by atoms with Crippen LogP contribution in [0.2, 0.25) is 0 Å². The number of benzene rings is 9. The van der Waals surface area contributed by atoms with Crippen LogP contribution in [0.4, 0.5) is 17.1 Å². The first-order valence-electron chi connectivity index (χ1n) is 20.5. The van der Waals surface area contributed by atoms with Crippen molar-refractivity contribution < 1.29 is 0 Å². The molecule has 0 N–H and O–H groups in total. The molecule has 0 saturated carbocycles. The minimum Gasteiger partial charge on any atom is -0.310 e. The fraction of sp³-hybridized carbons (Fsp3) is 0.0351. The summed E-state index contributed by atoms with van der Waals surface area (Å²) >= 11 is 1.87. The summed E-state index contributed by atoms with van der Waals surface area (Å²) in [4.78, 5) is 4.98. The summed E-state index contributed by atoms with van der Waals surface area (Å²) in [6.07, 6.45) is 0. The second-order valence-electron chi connectivity index (χ2n) is 15.8. The van der Waals surface area contributed by atoms with Gasteiger partial charge in [-0.1, -0.05) is 176 Å². The predicted molar refractivity (Wildman–Crippen MR) is 245 cm³/mol. The van der Waals surface area contributed by atoms with Crippen molar-refractivity contribution in [1.82, 2.24) is 0 Å². The summed E-state index contributed by atoms with van der Waals surface area (Å²) in [5.41, 5.74) is 17.8. The zero-order chi connectivity index (χ0) is 39.8. The van der Waals surface area contributed by atoms with Crippen LogP contribution < -0.4 is 4.90 Å². The molecular weight excluding hydrogens is 745 g/mol. The van der Waals surface area contributed by atoms with Gasteiger partial charge in [-0.2, -0.15) is 5.26 Å². The first-order valence-corrected chi connectivity index (χ1v) is 21.3. The average molecular weight is 781 g/mol. The van der Waals surface area contributed by atoms with Gasteiger partial charge in [-0.05, 0) is 116 Å². The highest BCUT2D eigenvalue weighted by molar-refractivity contribution is 7.99. The van der Waals surface area contributed by atoms with E-state index in [0.717, 1.165) is 17.1 Å². The minimum atomic E-state index is -0.552. The standard InChI is InChI=1S/C57H36N2S/c58-37-38-32-34-41(35-33-38)59(42-19-14-18-40(36-42)56(39-16-2-1-3-17-39)46-23-7-4-20-43(46)44-21-5-8-24-47(44)56)52-29-15-28-51-55(52)45-22-6-9-25-48(45)57(51)49-26-10-12-30-53(49)60-54-31-13-11-27-50(54)57/h1-36H. The molecule has 9 aromatic carbocycles. The van der Waals surface area contributed by atoms with Crippen molar-refractivity contribution in [2.75, 3.05) is 4.90 Å².